The van der Waals surface area contributed by atoms with E-state index >= 15 is 0 Å². The number of nitrogens with zero attached hydrogens (tertiary/aromatic N) is 3. The molecule has 1 saturated carbocycles. The van der Waals surface area contributed by atoms with Gasteiger partial charge in [0.15, 0.2) is 0 Å². The van der Waals surface area contributed by atoms with E-state index in [1.165, 1.54) is 18.2 Å². The molecule has 0 bridgehead atoms. The largest absolute Gasteiger partial charge is 0.491 e. The highest BCUT2D eigenvalue weighted by atomic mass is 19.1. The molecule has 1 aliphatic rings. The molecular weight excluding hydrogens is 323 g/mol. The molecule has 0 spiro atoms. The number of amides is 2. The van der Waals surface area contributed by atoms with E-state index < -0.39 is 0 Å². The fraction of sp³-hybridized carbons (Fsp3) is 0.444. The maximum absolute atomic E-state index is 13.5. The van der Waals surface area contributed by atoms with Crippen molar-refractivity contribution in [2.45, 2.75) is 25.8 Å². The molecular formula is C18H23FN4O2. The van der Waals surface area contributed by atoms with E-state index in [-0.39, 0.29) is 11.8 Å². The van der Waals surface area contributed by atoms with Gasteiger partial charge in [0.05, 0.1) is 18.6 Å². The number of carbonyl (C=O) groups is 1. The Hall–Kier alpha value is -2.57. The van der Waals surface area contributed by atoms with Crippen LogP contribution in [0.2, 0.25) is 0 Å². The van der Waals surface area contributed by atoms with Gasteiger partial charge < -0.3 is 19.5 Å². The fourth-order valence-electron chi connectivity index (χ4n) is 2.43. The lowest BCUT2D eigenvalue weighted by Gasteiger charge is -2.19. The van der Waals surface area contributed by atoms with Crippen molar-refractivity contribution in [3.05, 3.63) is 42.7 Å². The lowest BCUT2D eigenvalue weighted by Crippen LogP contribution is -2.32. The summed E-state index contributed by atoms with van der Waals surface area (Å²) in [6.45, 7) is 1.96. The van der Waals surface area contributed by atoms with E-state index in [4.69, 9.17) is 4.74 Å². The van der Waals surface area contributed by atoms with Crippen molar-refractivity contribution in [3.63, 3.8) is 0 Å². The van der Waals surface area contributed by atoms with E-state index in [9.17, 15) is 9.18 Å². The average Bonchev–Trinajstić information content (AvgIpc) is 3.29. The summed E-state index contributed by atoms with van der Waals surface area (Å²) in [7, 11) is 1.73. The number of aryl methyl sites for hydroxylation is 1. The molecule has 134 valence electrons. The molecule has 1 aromatic carbocycles. The molecule has 25 heavy (non-hydrogen) atoms. The molecule has 0 radical (unpaired) electrons. The summed E-state index contributed by atoms with van der Waals surface area (Å²) in [6.07, 6.45) is 8.49. The first kappa shape index (κ1) is 17.3. The van der Waals surface area contributed by atoms with Crippen molar-refractivity contribution in [1.29, 1.82) is 0 Å². The number of aromatic nitrogens is 2. The molecule has 1 fully saturated rings. The zero-order chi connectivity index (χ0) is 17.6. The summed E-state index contributed by atoms with van der Waals surface area (Å²) < 4.78 is 21.1. The Morgan fingerprint density at radius 3 is 3.04 bits per heavy atom. The highest BCUT2D eigenvalue weighted by Gasteiger charge is 2.23. The maximum Gasteiger partial charge on any atom is 0.321 e. The molecule has 2 amide bonds. The van der Waals surface area contributed by atoms with E-state index in [1.807, 2.05) is 10.8 Å². The molecule has 2 aromatic rings. The van der Waals surface area contributed by atoms with Gasteiger partial charge in [0.25, 0.3) is 0 Å². The number of hydrogen-bond acceptors (Lipinski definition) is 3. The van der Waals surface area contributed by atoms with Crippen LogP contribution in [0.4, 0.5) is 14.9 Å². The van der Waals surface area contributed by atoms with Gasteiger partial charge in [0.2, 0.25) is 0 Å². The van der Waals surface area contributed by atoms with Crippen molar-refractivity contribution in [1.82, 2.24) is 14.5 Å². The van der Waals surface area contributed by atoms with Crippen molar-refractivity contribution in [2.75, 3.05) is 25.5 Å². The molecule has 0 atom stereocenters. The van der Waals surface area contributed by atoms with E-state index in [0.29, 0.717) is 30.5 Å². The maximum atomic E-state index is 13.5. The smallest absolute Gasteiger partial charge is 0.321 e. The number of nitrogens with one attached hydrogen (secondary N) is 1. The molecule has 1 N–H and O–H groups in total. The Balaban J connectivity index is 1.51. The third kappa shape index (κ3) is 5.20. The van der Waals surface area contributed by atoms with Gasteiger partial charge >= 0.3 is 6.03 Å². The summed E-state index contributed by atoms with van der Waals surface area (Å²) in [6, 6.07) is 3.93. The molecule has 1 aliphatic carbocycles. The van der Waals surface area contributed by atoms with Gasteiger partial charge in [-0.25, -0.2) is 14.2 Å². The minimum Gasteiger partial charge on any atom is -0.491 e. The third-order valence-electron chi connectivity index (χ3n) is 4.17. The SMILES string of the molecule is CN(CCCn1ccnc1)C(=O)Nc1ccc(F)cc1OCC1CC1. The van der Waals surface area contributed by atoms with E-state index in [1.54, 1.807) is 24.5 Å². The number of anilines is 1. The molecule has 0 aliphatic heterocycles. The van der Waals surface area contributed by atoms with Gasteiger partial charge in [-0.2, -0.15) is 0 Å². The topological polar surface area (TPSA) is 59.4 Å². The Labute approximate surface area is 146 Å². The number of rotatable bonds is 8. The van der Waals surface area contributed by atoms with Gasteiger partial charge in [-0.05, 0) is 37.3 Å². The van der Waals surface area contributed by atoms with Gasteiger partial charge in [0.1, 0.15) is 11.6 Å². The van der Waals surface area contributed by atoms with Gasteiger partial charge in [-0.15, -0.1) is 0 Å². The van der Waals surface area contributed by atoms with Crippen LogP contribution < -0.4 is 10.1 Å². The lowest BCUT2D eigenvalue weighted by atomic mass is 10.3. The number of benzene rings is 1. The lowest BCUT2D eigenvalue weighted by molar-refractivity contribution is 0.221. The molecule has 1 heterocycles. The Kier molecular flexibility index (Phi) is 5.53. The average molecular weight is 346 g/mol. The first-order valence-corrected chi connectivity index (χ1v) is 8.52. The van der Waals surface area contributed by atoms with Crippen molar-refractivity contribution in [3.8, 4) is 5.75 Å². The normalized spacial score (nSPS) is 13.5. The van der Waals surface area contributed by atoms with Gasteiger partial charge in [-0.3, -0.25) is 0 Å². The monoisotopic (exact) mass is 346 g/mol. The highest BCUT2D eigenvalue weighted by molar-refractivity contribution is 5.90. The van der Waals surface area contributed by atoms with E-state index in [0.717, 1.165) is 25.8 Å². The first-order chi connectivity index (χ1) is 12.1. The first-order valence-electron chi connectivity index (χ1n) is 8.52. The summed E-state index contributed by atoms with van der Waals surface area (Å²) in [5, 5.41) is 2.80. The van der Waals surface area contributed by atoms with Crippen LogP contribution in [-0.2, 0) is 6.54 Å². The summed E-state index contributed by atoms with van der Waals surface area (Å²) in [5.74, 6) is 0.558. The predicted molar refractivity (Wildman–Crippen MR) is 93.1 cm³/mol. The number of hydrogen-bond donors (Lipinski definition) is 1. The van der Waals surface area contributed by atoms with Crippen LogP contribution in [0.15, 0.2) is 36.9 Å². The minimum atomic E-state index is -0.377. The minimum absolute atomic E-state index is 0.242. The number of ether oxygens (including phenoxy) is 1. The van der Waals surface area contributed by atoms with Crippen molar-refractivity contribution >= 4 is 11.7 Å². The quantitative estimate of drug-likeness (QED) is 0.797. The van der Waals surface area contributed by atoms with Crippen LogP contribution in [0, 0.1) is 11.7 Å². The Morgan fingerprint density at radius 1 is 1.48 bits per heavy atom. The second kappa shape index (κ2) is 8.00. The molecule has 3 rings (SSSR count). The van der Waals surface area contributed by atoms with Crippen LogP contribution in [0.25, 0.3) is 0 Å². The molecule has 0 saturated heterocycles. The van der Waals surface area contributed by atoms with Crippen LogP contribution in [0.3, 0.4) is 0 Å². The second-order valence-corrected chi connectivity index (χ2v) is 6.40. The Morgan fingerprint density at radius 2 is 2.32 bits per heavy atom. The number of imidazole rings is 1. The zero-order valence-corrected chi connectivity index (χ0v) is 14.3. The zero-order valence-electron chi connectivity index (χ0n) is 14.3. The second-order valence-electron chi connectivity index (χ2n) is 6.40. The fourth-order valence-corrected chi connectivity index (χ4v) is 2.43. The van der Waals surface area contributed by atoms with E-state index in [2.05, 4.69) is 10.3 Å². The standard InChI is InChI=1S/C18H23FN4O2/c1-22(8-2-9-23-10-7-20-13-23)18(24)21-16-6-5-15(19)11-17(16)25-12-14-3-4-14/h5-7,10-11,13-14H,2-4,8-9,12H2,1H3,(H,21,24). The Bertz CT molecular complexity index is 701. The van der Waals surface area contributed by atoms with Crippen LogP contribution in [0.1, 0.15) is 19.3 Å². The van der Waals surface area contributed by atoms with Gasteiger partial charge in [-0.1, -0.05) is 0 Å². The molecule has 7 heteroatoms. The van der Waals surface area contributed by atoms with Gasteiger partial charge in [0, 0.05) is 38.6 Å². The molecule has 0 unspecified atom stereocenters. The highest BCUT2D eigenvalue weighted by Crippen LogP contribution is 2.32. The summed E-state index contributed by atoms with van der Waals surface area (Å²) in [4.78, 5) is 17.9. The molecule has 6 nitrogen and oxygen atoms in total. The summed E-state index contributed by atoms with van der Waals surface area (Å²) in [5.41, 5.74) is 0.494. The van der Waals surface area contributed by atoms with Crippen LogP contribution >= 0.6 is 0 Å². The number of urea groups is 1. The third-order valence-corrected chi connectivity index (χ3v) is 4.17. The van der Waals surface area contributed by atoms with Crippen LogP contribution in [0.5, 0.6) is 5.75 Å². The molecule has 1 aromatic heterocycles. The van der Waals surface area contributed by atoms with Crippen LogP contribution in [-0.4, -0.2) is 40.7 Å². The summed E-state index contributed by atoms with van der Waals surface area (Å²) >= 11 is 0. The number of halogens is 1. The van der Waals surface area contributed by atoms with Crippen molar-refractivity contribution < 1.29 is 13.9 Å². The predicted octanol–water partition coefficient (Wildman–Crippen LogP) is 3.37. The number of carbonyl (C=O) groups excluding carboxylic acids is 1. The van der Waals surface area contributed by atoms with Crippen molar-refractivity contribution in [2.24, 2.45) is 5.92 Å².